The average molecular weight is 311 g/mol. The van der Waals surface area contributed by atoms with Gasteiger partial charge in [0, 0.05) is 5.56 Å². The van der Waals surface area contributed by atoms with Crippen molar-refractivity contribution in [3.8, 4) is 11.4 Å². The van der Waals surface area contributed by atoms with E-state index in [1.807, 2.05) is 37.3 Å². The van der Waals surface area contributed by atoms with Crippen molar-refractivity contribution >= 4 is 0 Å². The Morgan fingerprint density at radius 2 is 2.04 bits per heavy atom. The van der Waals surface area contributed by atoms with Crippen LogP contribution in [0.1, 0.15) is 43.9 Å². The molecule has 118 valence electrons. The van der Waals surface area contributed by atoms with Gasteiger partial charge in [0.05, 0.1) is 5.54 Å². The van der Waals surface area contributed by atoms with Gasteiger partial charge >= 0.3 is 0 Å². The molecule has 23 heavy (non-hydrogen) atoms. The second-order valence-electron chi connectivity index (χ2n) is 5.94. The van der Waals surface area contributed by atoms with E-state index < -0.39 is 5.54 Å². The minimum absolute atomic E-state index is 0.301. The molecule has 1 aromatic carbocycles. The lowest BCUT2D eigenvalue weighted by Crippen LogP contribution is -2.44. The summed E-state index contributed by atoms with van der Waals surface area (Å²) in [4.78, 5) is 5.91. The van der Waals surface area contributed by atoms with Crippen LogP contribution in [0, 0.1) is 0 Å². The van der Waals surface area contributed by atoms with Gasteiger partial charge in [-0.2, -0.15) is 9.78 Å². The quantitative estimate of drug-likeness (QED) is 0.780. The Balaban J connectivity index is 1.58. The maximum atomic E-state index is 6.22. The molecular weight excluding hydrogens is 294 g/mol. The highest BCUT2D eigenvalue weighted by atomic mass is 16.5. The summed E-state index contributed by atoms with van der Waals surface area (Å²) in [5, 5.41) is 16.6. The molecule has 8 heteroatoms. The fraction of sp³-hybridized carbons (Fsp3) is 0.400. The molecule has 1 atom stereocenters. The Morgan fingerprint density at radius 3 is 2.74 bits per heavy atom. The van der Waals surface area contributed by atoms with Gasteiger partial charge in [-0.05, 0) is 31.4 Å². The molecule has 0 radical (unpaired) electrons. The number of nitrogens with zero attached hydrogens (tertiary/aromatic N) is 6. The first-order valence-corrected chi connectivity index (χ1v) is 7.64. The van der Waals surface area contributed by atoms with Gasteiger partial charge in [0.25, 0.3) is 5.89 Å². The topological polar surface area (TPSA) is 109 Å². The van der Waals surface area contributed by atoms with Crippen LogP contribution in [0.25, 0.3) is 11.4 Å². The van der Waals surface area contributed by atoms with Crippen molar-refractivity contribution in [1.82, 2.24) is 30.3 Å². The third kappa shape index (κ3) is 2.40. The Bertz CT molecular complexity index is 806. The average Bonchev–Trinajstić information content (AvgIpc) is 3.22. The van der Waals surface area contributed by atoms with E-state index in [4.69, 9.17) is 10.3 Å². The summed E-state index contributed by atoms with van der Waals surface area (Å²) in [6.07, 6.45) is 2.88. The molecule has 0 spiro atoms. The predicted octanol–water partition coefficient (Wildman–Crippen LogP) is 1.67. The van der Waals surface area contributed by atoms with Gasteiger partial charge in [0.1, 0.15) is 6.04 Å². The van der Waals surface area contributed by atoms with Crippen LogP contribution >= 0.6 is 0 Å². The second kappa shape index (κ2) is 5.24. The van der Waals surface area contributed by atoms with Crippen molar-refractivity contribution in [3.05, 3.63) is 42.0 Å². The van der Waals surface area contributed by atoms with Gasteiger partial charge in [-0.1, -0.05) is 35.5 Å². The highest BCUT2D eigenvalue weighted by Gasteiger charge is 2.39. The van der Waals surface area contributed by atoms with Crippen molar-refractivity contribution in [2.45, 2.75) is 37.8 Å². The number of hydrogen-bond donors (Lipinski definition) is 1. The van der Waals surface area contributed by atoms with Crippen molar-refractivity contribution in [2.75, 3.05) is 0 Å². The van der Waals surface area contributed by atoms with E-state index >= 15 is 0 Å². The summed E-state index contributed by atoms with van der Waals surface area (Å²) in [6.45, 7) is 1.89. The summed E-state index contributed by atoms with van der Waals surface area (Å²) in [6, 6.07) is 9.38. The van der Waals surface area contributed by atoms with E-state index in [9.17, 15) is 0 Å². The second-order valence-corrected chi connectivity index (χ2v) is 5.94. The van der Waals surface area contributed by atoms with E-state index in [1.165, 1.54) is 4.80 Å². The van der Waals surface area contributed by atoms with Crippen molar-refractivity contribution in [3.63, 3.8) is 0 Å². The van der Waals surface area contributed by atoms with Crippen molar-refractivity contribution < 1.29 is 4.52 Å². The third-order valence-corrected chi connectivity index (χ3v) is 4.30. The number of hydrogen-bond acceptors (Lipinski definition) is 7. The van der Waals surface area contributed by atoms with Crippen molar-refractivity contribution in [1.29, 1.82) is 0 Å². The Morgan fingerprint density at radius 1 is 1.26 bits per heavy atom. The molecule has 2 aromatic heterocycles. The molecule has 1 unspecified atom stereocenters. The monoisotopic (exact) mass is 311 g/mol. The molecule has 8 nitrogen and oxygen atoms in total. The zero-order valence-corrected chi connectivity index (χ0v) is 12.8. The number of tetrazole rings is 1. The van der Waals surface area contributed by atoms with Gasteiger partial charge in [-0.15, -0.1) is 10.2 Å². The number of benzene rings is 1. The van der Waals surface area contributed by atoms with Crippen LogP contribution in [-0.4, -0.2) is 30.3 Å². The maximum Gasteiger partial charge on any atom is 0.253 e. The van der Waals surface area contributed by atoms with Gasteiger partial charge in [0.2, 0.25) is 5.82 Å². The van der Waals surface area contributed by atoms with E-state index in [0.717, 1.165) is 24.8 Å². The van der Waals surface area contributed by atoms with Gasteiger partial charge in [-0.25, -0.2) is 0 Å². The molecule has 0 amide bonds. The fourth-order valence-corrected chi connectivity index (χ4v) is 2.58. The molecule has 1 saturated carbocycles. The third-order valence-electron chi connectivity index (χ3n) is 4.30. The van der Waals surface area contributed by atoms with Gasteiger partial charge in [-0.3, -0.25) is 0 Å². The van der Waals surface area contributed by atoms with E-state index in [-0.39, 0.29) is 6.04 Å². The van der Waals surface area contributed by atoms with E-state index in [0.29, 0.717) is 17.5 Å². The lowest BCUT2D eigenvalue weighted by molar-refractivity contribution is 0.228. The number of aromatic nitrogens is 6. The summed E-state index contributed by atoms with van der Waals surface area (Å²) >= 11 is 0. The summed E-state index contributed by atoms with van der Waals surface area (Å²) in [5.41, 5.74) is 6.69. The van der Waals surface area contributed by atoms with Crippen LogP contribution in [0.15, 0.2) is 34.9 Å². The molecule has 0 saturated heterocycles. The normalized spacial score (nSPS) is 17.7. The largest absolute Gasteiger partial charge is 0.337 e. The number of rotatable bonds is 4. The Labute approximate surface area is 132 Å². The van der Waals surface area contributed by atoms with Crippen LogP contribution in [0.5, 0.6) is 0 Å². The molecule has 2 N–H and O–H groups in total. The highest BCUT2D eigenvalue weighted by Crippen LogP contribution is 2.37. The molecule has 4 rings (SSSR count). The lowest BCUT2D eigenvalue weighted by atomic mass is 9.77. The van der Waals surface area contributed by atoms with Crippen LogP contribution in [0.2, 0.25) is 0 Å². The molecule has 0 aliphatic heterocycles. The standard InChI is InChI=1S/C15H17N7O/c1-10(13-17-14(20-23-13)15(16)8-5-9-15)22-19-12(18-21-22)11-6-3-2-4-7-11/h2-4,6-7,10H,5,8-9,16H2,1H3. The molecule has 3 aromatic rings. The molecule has 1 aliphatic carbocycles. The van der Waals surface area contributed by atoms with Crippen LogP contribution in [-0.2, 0) is 5.54 Å². The zero-order valence-electron chi connectivity index (χ0n) is 12.8. The molecule has 1 fully saturated rings. The summed E-state index contributed by atoms with van der Waals surface area (Å²) in [7, 11) is 0. The van der Waals surface area contributed by atoms with Crippen molar-refractivity contribution in [2.24, 2.45) is 5.73 Å². The molecule has 1 aliphatic rings. The van der Waals surface area contributed by atoms with Crippen LogP contribution < -0.4 is 5.73 Å². The Hall–Kier alpha value is -2.61. The van der Waals surface area contributed by atoms with E-state index in [1.54, 1.807) is 0 Å². The van der Waals surface area contributed by atoms with Crippen LogP contribution in [0.4, 0.5) is 0 Å². The summed E-state index contributed by atoms with van der Waals surface area (Å²) < 4.78 is 5.35. The highest BCUT2D eigenvalue weighted by molar-refractivity contribution is 5.52. The fourth-order valence-electron chi connectivity index (χ4n) is 2.58. The predicted molar refractivity (Wildman–Crippen MR) is 81.1 cm³/mol. The van der Waals surface area contributed by atoms with Gasteiger partial charge in [0.15, 0.2) is 5.82 Å². The first-order valence-electron chi connectivity index (χ1n) is 7.64. The first kappa shape index (κ1) is 14.0. The maximum absolute atomic E-state index is 6.22. The minimum atomic E-state index is -0.438. The smallest absolute Gasteiger partial charge is 0.253 e. The molecular formula is C15H17N7O. The number of nitrogens with two attached hydrogens (primary N) is 1. The van der Waals surface area contributed by atoms with Crippen LogP contribution in [0.3, 0.4) is 0 Å². The lowest BCUT2D eigenvalue weighted by Gasteiger charge is -2.34. The Kier molecular flexibility index (Phi) is 3.19. The van der Waals surface area contributed by atoms with E-state index in [2.05, 4.69) is 25.6 Å². The van der Waals surface area contributed by atoms with Gasteiger partial charge < -0.3 is 10.3 Å². The zero-order chi connectivity index (χ0) is 15.9. The molecule has 2 heterocycles. The minimum Gasteiger partial charge on any atom is -0.337 e. The summed E-state index contributed by atoms with van der Waals surface area (Å²) in [5.74, 6) is 1.56. The first-order chi connectivity index (χ1) is 11.2. The SMILES string of the molecule is CC(c1nc(C2(N)CCC2)no1)n1nnc(-c2ccccc2)n1. The molecule has 0 bridgehead atoms.